The lowest BCUT2D eigenvalue weighted by molar-refractivity contribution is 0.0997. The molecule has 0 spiro atoms. The van der Waals surface area contributed by atoms with Gasteiger partial charge in [0, 0.05) is 28.7 Å². The molecule has 0 radical (unpaired) electrons. The predicted octanol–water partition coefficient (Wildman–Crippen LogP) is 2.98. The smallest absolute Gasteiger partial charge is 0.269 e. The number of benzene rings is 1. The van der Waals surface area contributed by atoms with E-state index in [4.69, 9.17) is 5.73 Å². The first-order chi connectivity index (χ1) is 13.3. The molecule has 28 heavy (non-hydrogen) atoms. The molecule has 0 bridgehead atoms. The Labute approximate surface area is 161 Å². The first-order valence-electron chi connectivity index (χ1n) is 8.72. The Morgan fingerprint density at radius 3 is 2.68 bits per heavy atom. The maximum Gasteiger partial charge on any atom is 0.269 e. The van der Waals surface area contributed by atoms with Crippen LogP contribution in [0.5, 0.6) is 0 Å². The fourth-order valence-corrected chi connectivity index (χ4v) is 4.25. The molecule has 0 aliphatic heterocycles. The Morgan fingerprint density at radius 1 is 1.18 bits per heavy atom. The largest absolute Gasteiger partial charge is 0.364 e. The highest BCUT2D eigenvalue weighted by atomic mass is 32.2. The van der Waals surface area contributed by atoms with E-state index in [0.29, 0.717) is 22.3 Å². The predicted molar refractivity (Wildman–Crippen MR) is 108 cm³/mol. The summed E-state index contributed by atoms with van der Waals surface area (Å²) in [5.41, 5.74) is 9.05. The molecule has 1 amide bonds. The Kier molecular flexibility index (Phi) is 4.15. The van der Waals surface area contributed by atoms with Gasteiger partial charge in [-0.3, -0.25) is 4.79 Å². The second-order valence-corrected chi connectivity index (χ2v) is 8.88. The van der Waals surface area contributed by atoms with Crippen LogP contribution in [0.25, 0.3) is 33.1 Å². The van der Waals surface area contributed by atoms with Crippen molar-refractivity contribution in [1.29, 1.82) is 0 Å². The van der Waals surface area contributed by atoms with Crippen LogP contribution >= 0.6 is 0 Å². The molecular formula is C20H18N4O3S. The fraction of sp³-hybridized carbons (Fsp3) is 0.150. The van der Waals surface area contributed by atoms with Crippen molar-refractivity contribution in [2.75, 3.05) is 5.75 Å². The molecule has 8 heteroatoms. The molecule has 0 saturated carbocycles. The van der Waals surface area contributed by atoms with E-state index in [1.54, 1.807) is 37.5 Å². The second kappa shape index (κ2) is 6.42. The number of carbonyl (C=O) groups is 1. The molecule has 0 atom stereocenters. The number of rotatable bonds is 4. The standard InChI is InChI=1S/C20H18N4O3S/c1-3-28(26,27)13-6-4-5-12(8-13)15-10-22-18(19(21)25)17-16(15)14-7-11(2)9-23-20(14)24-17/h4-10H,3H2,1-2H3,(H2,21,25)(H,23,24). The molecule has 7 nitrogen and oxygen atoms in total. The number of fused-ring (bicyclic) bond motifs is 3. The number of H-pyrrole nitrogens is 1. The third-order valence-corrected chi connectivity index (χ3v) is 6.47. The lowest BCUT2D eigenvalue weighted by Gasteiger charge is -2.09. The summed E-state index contributed by atoms with van der Waals surface area (Å²) in [5, 5.41) is 1.56. The lowest BCUT2D eigenvalue weighted by Crippen LogP contribution is -2.13. The van der Waals surface area contributed by atoms with E-state index in [1.807, 2.05) is 19.1 Å². The number of hydrogen-bond acceptors (Lipinski definition) is 5. The Morgan fingerprint density at radius 2 is 1.96 bits per heavy atom. The zero-order chi connectivity index (χ0) is 20.1. The van der Waals surface area contributed by atoms with Gasteiger partial charge in [-0.2, -0.15) is 0 Å². The molecular weight excluding hydrogens is 376 g/mol. The monoisotopic (exact) mass is 394 g/mol. The van der Waals surface area contributed by atoms with Gasteiger partial charge in [-0.15, -0.1) is 0 Å². The van der Waals surface area contributed by atoms with Gasteiger partial charge in [0.25, 0.3) is 5.91 Å². The Balaban J connectivity index is 2.10. The highest BCUT2D eigenvalue weighted by Crippen LogP contribution is 2.35. The Hall–Kier alpha value is -3.26. The summed E-state index contributed by atoms with van der Waals surface area (Å²) in [5.74, 6) is -0.636. The average Bonchev–Trinajstić information content (AvgIpc) is 3.06. The van der Waals surface area contributed by atoms with E-state index in [0.717, 1.165) is 16.3 Å². The molecule has 0 aliphatic carbocycles. The van der Waals surface area contributed by atoms with Gasteiger partial charge in [-0.25, -0.2) is 18.4 Å². The quantitative estimate of drug-likeness (QED) is 0.551. The maximum atomic E-state index is 12.3. The van der Waals surface area contributed by atoms with Crippen molar-refractivity contribution in [2.45, 2.75) is 18.7 Å². The van der Waals surface area contributed by atoms with Crippen LogP contribution in [0.1, 0.15) is 23.0 Å². The highest BCUT2D eigenvalue weighted by Gasteiger charge is 2.20. The molecule has 3 aromatic heterocycles. The first-order valence-corrected chi connectivity index (χ1v) is 10.4. The minimum absolute atomic E-state index is 0.0148. The van der Waals surface area contributed by atoms with Gasteiger partial charge < -0.3 is 10.7 Å². The Bertz CT molecular complexity index is 1360. The first kappa shape index (κ1) is 18.1. The third-order valence-electron chi connectivity index (χ3n) is 4.73. The van der Waals surface area contributed by atoms with Crippen molar-refractivity contribution in [1.82, 2.24) is 15.0 Å². The average molecular weight is 394 g/mol. The lowest BCUT2D eigenvalue weighted by atomic mass is 10.0. The van der Waals surface area contributed by atoms with Crippen molar-refractivity contribution in [3.63, 3.8) is 0 Å². The molecule has 0 unspecified atom stereocenters. The number of aromatic nitrogens is 3. The van der Waals surface area contributed by atoms with Gasteiger partial charge in [-0.1, -0.05) is 19.1 Å². The van der Waals surface area contributed by atoms with Gasteiger partial charge >= 0.3 is 0 Å². The molecule has 4 aromatic rings. The molecule has 0 saturated heterocycles. The number of aromatic amines is 1. The summed E-state index contributed by atoms with van der Waals surface area (Å²) < 4.78 is 24.6. The number of hydrogen-bond donors (Lipinski definition) is 2. The molecule has 3 N–H and O–H groups in total. The van der Waals surface area contributed by atoms with Gasteiger partial charge in [0.1, 0.15) is 5.65 Å². The normalized spacial score (nSPS) is 11.9. The number of aryl methyl sites for hydroxylation is 1. The van der Waals surface area contributed by atoms with Crippen LogP contribution in [0.15, 0.2) is 47.6 Å². The van der Waals surface area contributed by atoms with Crippen molar-refractivity contribution in [3.8, 4) is 11.1 Å². The zero-order valence-corrected chi connectivity index (χ0v) is 16.2. The molecule has 0 aliphatic rings. The van der Waals surface area contributed by atoms with Crippen LogP contribution in [0, 0.1) is 6.92 Å². The summed E-state index contributed by atoms with van der Waals surface area (Å²) in [6.07, 6.45) is 3.28. The van der Waals surface area contributed by atoms with Crippen molar-refractivity contribution in [3.05, 3.63) is 54.0 Å². The van der Waals surface area contributed by atoms with Gasteiger partial charge in [0.15, 0.2) is 15.5 Å². The number of nitrogens with one attached hydrogen (secondary N) is 1. The number of carbonyl (C=O) groups excluding carboxylic acids is 1. The number of primary amides is 1. The van der Waals surface area contributed by atoms with Gasteiger partial charge in [-0.05, 0) is 36.2 Å². The van der Waals surface area contributed by atoms with E-state index in [-0.39, 0.29) is 16.3 Å². The summed E-state index contributed by atoms with van der Waals surface area (Å²) in [6.45, 7) is 3.53. The SMILES string of the molecule is CCS(=O)(=O)c1cccc(-c2cnc(C(N)=O)c3[nH]c4ncc(C)cc4c23)c1. The maximum absolute atomic E-state index is 12.3. The zero-order valence-electron chi connectivity index (χ0n) is 15.4. The summed E-state index contributed by atoms with van der Waals surface area (Å²) >= 11 is 0. The van der Waals surface area contributed by atoms with Gasteiger partial charge in [0.2, 0.25) is 0 Å². The van der Waals surface area contributed by atoms with Crippen molar-refractivity contribution in [2.24, 2.45) is 5.73 Å². The number of pyridine rings is 2. The van der Waals surface area contributed by atoms with Crippen LogP contribution in [0.4, 0.5) is 0 Å². The van der Waals surface area contributed by atoms with E-state index in [2.05, 4.69) is 15.0 Å². The number of nitrogens with zero attached hydrogens (tertiary/aromatic N) is 2. The molecule has 1 aromatic carbocycles. The molecule has 3 heterocycles. The molecule has 142 valence electrons. The summed E-state index contributed by atoms with van der Waals surface area (Å²) in [6, 6.07) is 8.68. The third kappa shape index (κ3) is 2.82. The van der Waals surface area contributed by atoms with E-state index >= 15 is 0 Å². The van der Waals surface area contributed by atoms with Crippen LogP contribution < -0.4 is 5.73 Å². The summed E-state index contributed by atoms with van der Waals surface area (Å²) in [4.78, 5) is 23.9. The van der Waals surface area contributed by atoms with Crippen LogP contribution in [-0.2, 0) is 9.84 Å². The van der Waals surface area contributed by atoms with Crippen LogP contribution in [0.3, 0.4) is 0 Å². The number of sulfone groups is 1. The minimum atomic E-state index is -3.35. The van der Waals surface area contributed by atoms with Gasteiger partial charge in [0.05, 0.1) is 16.2 Å². The van der Waals surface area contributed by atoms with Crippen LogP contribution in [0.2, 0.25) is 0 Å². The number of amides is 1. The van der Waals surface area contributed by atoms with E-state index in [1.165, 1.54) is 0 Å². The fourth-order valence-electron chi connectivity index (χ4n) is 3.32. The number of nitrogens with two attached hydrogens (primary N) is 1. The highest BCUT2D eigenvalue weighted by molar-refractivity contribution is 7.91. The second-order valence-electron chi connectivity index (χ2n) is 6.60. The summed E-state index contributed by atoms with van der Waals surface area (Å²) in [7, 11) is -3.35. The van der Waals surface area contributed by atoms with E-state index < -0.39 is 15.7 Å². The minimum Gasteiger partial charge on any atom is -0.364 e. The molecule has 0 fully saturated rings. The van der Waals surface area contributed by atoms with Crippen LogP contribution in [-0.4, -0.2) is 35.0 Å². The molecule has 4 rings (SSSR count). The van der Waals surface area contributed by atoms with Crippen molar-refractivity contribution < 1.29 is 13.2 Å². The van der Waals surface area contributed by atoms with E-state index in [9.17, 15) is 13.2 Å². The topological polar surface area (TPSA) is 119 Å². The van der Waals surface area contributed by atoms with Crippen molar-refractivity contribution >= 4 is 37.7 Å².